The number of alkyl halides is 8. The molecule has 1 N–H and O–H groups in total. The Kier molecular flexibility index (Phi) is 6.34. The topological polar surface area (TPSA) is 62.0 Å². The number of hydrogen-bond acceptors (Lipinski definition) is 4. The van der Waals surface area contributed by atoms with Crippen molar-refractivity contribution in [3.05, 3.63) is 41.3 Å². The van der Waals surface area contributed by atoms with Gasteiger partial charge in [0.15, 0.2) is 11.5 Å². The second-order valence-electron chi connectivity index (χ2n) is 5.36. The van der Waals surface area contributed by atoms with Crippen molar-refractivity contribution in [2.24, 2.45) is 10.2 Å². The lowest BCUT2D eigenvalue weighted by molar-refractivity contribution is -0.333. The first-order valence-corrected chi connectivity index (χ1v) is 7.01. The smallest absolute Gasteiger partial charge is 0.385 e. The van der Waals surface area contributed by atoms with Crippen molar-refractivity contribution in [3.63, 3.8) is 0 Å². The van der Waals surface area contributed by atoms with Crippen molar-refractivity contribution in [3.8, 4) is 0 Å². The molecule has 0 aliphatic rings. The number of halogens is 8. The number of Topliss-reactive ketones (excluding diaryl/α,β-unsaturated/α-hetero) is 1. The molecule has 0 radical (unpaired) electrons. The molecular formula is C15H12F8N2O2. The first kappa shape index (κ1) is 22.5. The van der Waals surface area contributed by atoms with E-state index in [1.54, 1.807) is 6.92 Å². The van der Waals surface area contributed by atoms with Gasteiger partial charge in [-0.15, -0.1) is 5.11 Å². The van der Waals surface area contributed by atoms with Crippen molar-refractivity contribution >= 4 is 11.5 Å². The largest absolute Gasteiger partial charge is 0.504 e. The summed E-state index contributed by atoms with van der Waals surface area (Å²) >= 11 is 0. The van der Waals surface area contributed by atoms with Gasteiger partial charge >= 0.3 is 24.2 Å². The molecule has 0 aromatic heterocycles. The van der Waals surface area contributed by atoms with E-state index >= 15 is 0 Å². The van der Waals surface area contributed by atoms with Gasteiger partial charge in [-0.2, -0.15) is 31.5 Å². The number of carbonyl (C=O) groups excluding carboxylic acids is 1. The lowest BCUT2D eigenvalue weighted by atomic mass is 10.0. The molecule has 0 aliphatic carbocycles. The van der Waals surface area contributed by atoms with Crippen molar-refractivity contribution in [2.45, 2.75) is 38.0 Å². The summed E-state index contributed by atoms with van der Waals surface area (Å²) in [6, 6.07) is 5.53. The van der Waals surface area contributed by atoms with E-state index in [1.165, 1.54) is 24.3 Å². The summed E-state index contributed by atoms with van der Waals surface area (Å²) in [5.41, 5.74) is -1.09. The summed E-state index contributed by atoms with van der Waals surface area (Å²) in [5, 5.41) is 15.5. The number of allylic oxidation sites excluding steroid dienone is 2. The molecule has 0 aliphatic heterocycles. The predicted molar refractivity (Wildman–Crippen MR) is 76.9 cm³/mol. The van der Waals surface area contributed by atoms with Gasteiger partial charge in [0, 0.05) is 6.92 Å². The highest BCUT2D eigenvalue weighted by Crippen LogP contribution is 2.51. The predicted octanol–water partition coefficient (Wildman–Crippen LogP) is 5.61. The van der Waals surface area contributed by atoms with Crippen LogP contribution in [0.25, 0.3) is 0 Å². The first-order chi connectivity index (χ1) is 12.2. The van der Waals surface area contributed by atoms with Crippen LogP contribution >= 0.6 is 0 Å². The zero-order valence-electron chi connectivity index (χ0n) is 13.7. The van der Waals surface area contributed by atoms with Gasteiger partial charge in [-0.1, -0.05) is 17.7 Å². The SMILES string of the molecule is CC(=O)/C(N=Nc1ccc(C)cc1)=C(/O)C(F)(F)C(F)(F)C(F)(F)C(F)F. The minimum Gasteiger partial charge on any atom is -0.504 e. The fraction of sp³-hybridized carbons (Fsp3) is 0.400. The fourth-order valence-corrected chi connectivity index (χ4v) is 1.65. The van der Waals surface area contributed by atoms with Crippen LogP contribution in [-0.2, 0) is 4.79 Å². The first-order valence-electron chi connectivity index (χ1n) is 7.01. The van der Waals surface area contributed by atoms with E-state index in [0.29, 0.717) is 6.92 Å². The number of hydrogen-bond donors (Lipinski definition) is 1. The van der Waals surface area contributed by atoms with Crippen LogP contribution in [0.2, 0.25) is 0 Å². The molecule has 1 aromatic rings. The van der Waals surface area contributed by atoms with Gasteiger partial charge < -0.3 is 5.11 Å². The maximum absolute atomic E-state index is 13.7. The van der Waals surface area contributed by atoms with E-state index < -0.39 is 41.4 Å². The fourth-order valence-electron chi connectivity index (χ4n) is 1.65. The number of aryl methyl sites for hydroxylation is 1. The van der Waals surface area contributed by atoms with E-state index in [1.807, 2.05) is 0 Å². The lowest BCUT2D eigenvalue weighted by Gasteiger charge is -2.31. The second kappa shape index (κ2) is 7.61. The van der Waals surface area contributed by atoms with Crippen molar-refractivity contribution in [1.29, 1.82) is 0 Å². The number of azo groups is 1. The van der Waals surface area contributed by atoms with E-state index in [4.69, 9.17) is 0 Å². The molecule has 12 heteroatoms. The zero-order chi connectivity index (χ0) is 21.2. The maximum atomic E-state index is 13.7. The molecule has 0 atom stereocenters. The molecule has 0 fully saturated rings. The molecule has 0 bridgehead atoms. The van der Waals surface area contributed by atoms with Gasteiger partial charge in [0.2, 0.25) is 5.76 Å². The minimum absolute atomic E-state index is 0.0554. The van der Waals surface area contributed by atoms with Crippen LogP contribution in [0, 0.1) is 6.92 Å². The summed E-state index contributed by atoms with van der Waals surface area (Å²) in [4.78, 5) is 11.3. The van der Waals surface area contributed by atoms with Crippen LogP contribution in [0.15, 0.2) is 46.0 Å². The van der Waals surface area contributed by atoms with Gasteiger partial charge in [0.05, 0.1) is 5.69 Å². The molecule has 0 unspecified atom stereocenters. The second-order valence-corrected chi connectivity index (χ2v) is 5.36. The van der Waals surface area contributed by atoms with Gasteiger partial charge in [0.1, 0.15) is 0 Å². The van der Waals surface area contributed by atoms with E-state index in [9.17, 15) is 45.0 Å². The monoisotopic (exact) mass is 404 g/mol. The Balaban J connectivity index is 3.45. The number of benzene rings is 1. The van der Waals surface area contributed by atoms with E-state index in [0.717, 1.165) is 5.56 Å². The molecule has 150 valence electrons. The van der Waals surface area contributed by atoms with Crippen molar-refractivity contribution in [2.75, 3.05) is 0 Å². The third kappa shape index (κ3) is 4.25. The Bertz CT molecular complexity index is 758. The van der Waals surface area contributed by atoms with Crippen molar-refractivity contribution < 1.29 is 45.0 Å². The average Bonchev–Trinajstić information content (AvgIpc) is 2.55. The molecule has 4 nitrogen and oxygen atoms in total. The quantitative estimate of drug-likeness (QED) is 0.278. The van der Waals surface area contributed by atoms with Crippen LogP contribution < -0.4 is 0 Å². The third-order valence-electron chi connectivity index (χ3n) is 3.24. The van der Waals surface area contributed by atoms with Crippen LogP contribution in [-0.4, -0.2) is 35.1 Å². The summed E-state index contributed by atoms with van der Waals surface area (Å²) in [6.45, 7) is 2.18. The van der Waals surface area contributed by atoms with Crippen LogP contribution in [0.5, 0.6) is 0 Å². The summed E-state index contributed by atoms with van der Waals surface area (Å²) < 4.78 is 104. The highest BCUT2D eigenvalue weighted by molar-refractivity contribution is 5.93. The van der Waals surface area contributed by atoms with Crippen molar-refractivity contribution in [1.82, 2.24) is 0 Å². The Morgan fingerprint density at radius 3 is 1.93 bits per heavy atom. The molecular weight excluding hydrogens is 392 g/mol. The molecule has 1 aromatic carbocycles. The van der Waals surface area contributed by atoms with Gasteiger partial charge in [0.25, 0.3) is 0 Å². The van der Waals surface area contributed by atoms with Gasteiger partial charge in [-0.3, -0.25) is 4.79 Å². The molecule has 0 amide bonds. The highest BCUT2D eigenvalue weighted by Gasteiger charge is 2.77. The number of rotatable bonds is 7. The van der Waals surface area contributed by atoms with E-state index in [2.05, 4.69) is 10.2 Å². The lowest BCUT2D eigenvalue weighted by Crippen LogP contribution is -2.58. The van der Waals surface area contributed by atoms with Gasteiger partial charge in [-0.25, -0.2) is 8.78 Å². The Morgan fingerprint density at radius 1 is 1.04 bits per heavy atom. The number of ketones is 1. The van der Waals surface area contributed by atoms with Crippen LogP contribution in [0.3, 0.4) is 0 Å². The molecule has 0 spiro atoms. The van der Waals surface area contributed by atoms with Gasteiger partial charge in [-0.05, 0) is 19.1 Å². The summed E-state index contributed by atoms with van der Waals surface area (Å²) in [5.74, 6) is -23.9. The van der Waals surface area contributed by atoms with E-state index in [-0.39, 0.29) is 5.69 Å². The average molecular weight is 404 g/mol. The number of aliphatic hydroxyl groups excluding tert-OH is 1. The highest BCUT2D eigenvalue weighted by atomic mass is 19.4. The molecule has 0 heterocycles. The molecule has 27 heavy (non-hydrogen) atoms. The number of aliphatic hydroxyl groups is 1. The standard InChI is InChI=1S/C15H12F8N2O2/c1-7-3-5-9(6-4-7)24-25-10(8(2)26)11(27)13(18,19)15(22,23)14(20,21)12(16)17/h3-6,12,27H,1-2H3/b11-10-,25-24?. The minimum atomic E-state index is -6.72. The summed E-state index contributed by atoms with van der Waals surface area (Å²) in [6.07, 6.45) is -5.17. The molecule has 1 rings (SSSR count). The molecule has 0 saturated carbocycles. The normalized spacial score (nSPS) is 14.6. The van der Waals surface area contributed by atoms with Crippen LogP contribution in [0.4, 0.5) is 40.8 Å². The Morgan fingerprint density at radius 2 is 1.52 bits per heavy atom. The maximum Gasteiger partial charge on any atom is 0.385 e. The number of nitrogens with zero attached hydrogens (tertiary/aromatic N) is 2. The van der Waals surface area contributed by atoms with Crippen LogP contribution in [0.1, 0.15) is 12.5 Å². The Hall–Kier alpha value is -2.53. The third-order valence-corrected chi connectivity index (χ3v) is 3.24. The summed E-state index contributed by atoms with van der Waals surface area (Å²) in [7, 11) is 0. The zero-order valence-corrected chi connectivity index (χ0v) is 13.7. The molecule has 0 saturated heterocycles. The Labute approximate surface area is 147 Å². The number of carbonyl (C=O) groups is 1.